The molecule has 3 aliphatic carbocycles. The molecule has 0 spiro atoms. The largest absolute Gasteiger partial charge is 0.352 e. The van der Waals surface area contributed by atoms with Crippen molar-refractivity contribution in [3.63, 3.8) is 0 Å². The number of fused-ring (bicyclic) bond motifs is 1. The van der Waals surface area contributed by atoms with Crippen LogP contribution < -0.4 is 21.3 Å². The number of likely N-dealkylation sites (N-methyl/N-ethyl adjacent to an activating group) is 1. The van der Waals surface area contributed by atoms with E-state index in [1.807, 2.05) is 60.7 Å². The first-order valence-corrected chi connectivity index (χ1v) is 18.5. The van der Waals surface area contributed by atoms with Crippen molar-refractivity contribution in [2.75, 3.05) is 14.1 Å². The first-order chi connectivity index (χ1) is 23.2. The average Bonchev–Trinajstić information content (AvgIpc) is 3.86. The van der Waals surface area contributed by atoms with Gasteiger partial charge in [0.05, 0.1) is 4.88 Å². The maximum atomic E-state index is 14.1. The van der Waals surface area contributed by atoms with Crippen LogP contribution in [-0.2, 0) is 20.8 Å². The molecule has 0 saturated heterocycles. The second kappa shape index (κ2) is 16.5. The topological polar surface area (TPSA) is 120 Å². The van der Waals surface area contributed by atoms with E-state index in [9.17, 15) is 19.2 Å². The summed E-state index contributed by atoms with van der Waals surface area (Å²) in [4.78, 5) is 57.6. The van der Waals surface area contributed by atoms with Crippen molar-refractivity contribution in [1.29, 1.82) is 0 Å². The molecule has 0 aliphatic heterocycles. The number of hydrogen-bond donors (Lipinski definition) is 4. The van der Waals surface area contributed by atoms with Crippen LogP contribution in [0.1, 0.15) is 85.9 Å². The minimum absolute atomic E-state index is 0. The van der Waals surface area contributed by atoms with Gasteiger partial charge in [-0.3, -0.25) is 19.2 Å². The molecular weight excluding hydrogens is 658 g/mol. The van der Waals surface area contributed by atoms with Gasteiger partial charge in [0.25, 0.3) is 5.91 Å². The first kappa shape index (κ1) is 36.8. The second-order valence-electron chi connectivity index (χ2n) is 14.3. The van der Waals surface area contributed by atoms with Crippen LogP contribution in [0.4, 0.5) is 0 Å². The van der Waals surface area contributed by atoms with Crippen LogP contribution in [0.15, 0.2) is 60.7 Å². The Hall–Kier alpha value is -3.47. The van der Waals surface area contributed by atoms with Crippen molar-refractivity contribution in [1.82, 2.24) is 26.2 Å². The summed E-state index contributed by atoms with van der Waals surface area (Å²) in [6.45, 7) is 0. The summed E-state index contributed by atoms with van der Waals surface area (Å²) in [6, 6.07) is 18.9. The van der Waals surface area contributed by atoms with E-state index in [0.717, 1.165) is 54.2 Å². The number of halogens is 1. The van der Waals surface area contributed by atoms with E-state index in [-0.39, 0.29) is 54.0 Å². The lowest BCUT2D eigenvalue weighted by Gasteiger charge is -2.37. The van der Waals surface area contributed by atoms with Gasteiger partial charge >= 0.3 is 0 Å². The lowest BCUT2D eigenvalue weighted by molar-refractivity contribution is -0.132. The van der Waals surface area contributed by atoms with Gasteiger partial charge in [-0.15, -0.1) is 23.7 Å². The molecular formula is C38H50ClN5O4S. The highest BCUT2D eigenvalue weighted by molar-refractivity contribution is 7.20. The molecule has 3 fully saturated rings. The van der Waals surface area contributed by atoms with E-state index in [0.29, 0.717) is 43.0 Å². The highest BCUT2D eigenvalue weighted by Gasteiger charge is 2.44. The molecule has 0 unspecified atom stereocenters. The number of nitrogens with one attached hydrogen (secondary N) is 4. The number of carbonyl (C=O) groups excluding carboxylic acids is 4. The van der Waals surface area contributed by atoms with Gasteiger partial charge in [-0.1, -0.05) is 74.2 Å². The van der Waals surface area contributed by atoms with Crippen LogP contribution in [0.3, 0.4) is 0 Å². The quantitative estimate of drug-likeness (QED) is 0.214. The van der Waals surface area contributed by atoms with E-state index in [1.165, 1.54) is 17.8 Å². The Morgan fingerprint density at radius 3 is 2.33 bits per heavy atom. The smallest absolute Gasteiger partial charge is 0.262 e. The number of thiophene rings is 1. The summed E-state index contributed by atoms with van der Waals surface area (Å²) in [5.41, 5.74) is -0.151. The van der Waals surface area contributed by atoms with E-state index >= 15 is 0 Å². The van der Waals surface area contributed by atoms with Crippen molar-refractivity contribution >= 4 is 57.5 Å². The number of rotatable bonds is 11. The highest BCUT2D eigenvalue weighted by atomic mass is 35.5. The van der Waals surface area contributed by atoms with Crippen molar-refractivity contribution in [3.05, 3.63) is 71.1 Å². The Morgan fingerprint density at radius 2 is 1.59 bits per heavy atom. The zero-order chi connectivity index (χ0) is 33.7. The standard InChI is InChI=1S/C38H49N5O4S.ClH/c1-43(2)31-16-8-7-15-29(31)40-34(44)27-18-19-28(23-27)39-35(45)30(22-25-12-4-3-5-13-25)41-37(47)38(20-10-11-21-38)42-36(46)33-24-26-14-6-9-17-32(26)48-33;/h3-6,9,12-14,17,24,27-31H,7-8,10-11,15-16,18-23H2,1-2H3,(H,39,45)(H,40,44)(H,41,47)(H,42,46);1H/t27-,28+,29+,30-,31+;/m1./s1. The summed E-state index contributed by atoms with van der Waals surface area (Å²) in [5, 5.41) is 13.7. The second-order valence-corrected chi connectivity index (χ2v) is 15.3. The number of nitrogens with zero attached hydrogens (tertiary/aromatic N) is 1. The van der Waals surface area contributed by atoms with Gasteiger partial charge in [-0.25, -0.2) is 0 Å². The SMILES string of the molecule is CN(C)[C@H]1CCCC[C@@H]1NC(=O)[C@@H]1CC[C@H](NC(=O)[C@@H](Cc2ccccc2)NC(=O)C2(NC(=O)c3cc4ccccc4s3)CCCC2)C1.Cl. The molecule has 11 heteroatoms. The molecule has 4 amide bonds. The zero-order valence-electron chi connectivity index (χ0n) is 28.5. The third kappa shape index (κ3) is 8.83. The number of carbonyl (C=O) groups is 4. The maximum Gasteiger partial charge on any atom is 0.262 e. The number of benzene rings is 2. The minimum Gasteiger partial charge on any atom is -0.352 e. The van der Waals surface area contributed by atoms with Crippen molar-refractivity contribution < 1.29 is 19.2 Å². The van der Waals surface area contributed by atoms with E-state index in [4.69, 9.17) is 0 Å². The van der Waals surface area contributed by atoms with E-state index in [2.05, 4.69) is 40.3 Å². The molecule has 264 valence electrons. The van der Waals surface area contributed by atoms with Crippen LogP contribution in [0.2, 0.25) is 0 Å². The number of amides is 4. The Balaban J connectivity index is 0.00000468. The van der Waals surface area contributed by atoms with Crippen LogP contribution in [0, 0.1) is 5.92 Å². The molecule has 5 atom stereocenters. The zero-order valence-corrected chi connectivity index (χ0v) is 30.2. The molecule has 49 heavy (non-hydrogen) atoms. The Labute approximate surface area is 299 Å². The lowest BCUT2D eigenvalue weighted by Crippen LogP contribution is -2.61. The molecule has 3 aromatic rings. The monoisotopic (exact) mass is 707 g/mol. The fraction of sp³-hybridized carbons (Fsp3) is 0.526. The van der Waals surface area contributed by atoms with Gasteiger partial charge < -0.3 is 26.2 Å². The molecule has 3 saturated carbocycles. The summed E-state index contributed by atoms with van der Waals surface area (Å²) in [6.07, 6.45) is 9.41. The van der Waals surface area contributed by atoms with Gasteiger partial charge in [0.2, 0.25) is 17.7 Å². The Bertz CT molecular complexity index is 1570. The predicted molar refractivity (Wildman–Crippen MR) is 197 cm³/mol. The van der Waals surface area contributed by atoms with E-state index < -0.39 is 11.6 Å². The highest BCUT2D eigenvalue weighted by Crippen LogP contribution is 2.33. The molecule has 1 heterocycles. The van der Waals surface area contributed by atoms with Crippen LogP contribution in [0.25, 0.3) is 10.1 Å². The Kier molecular flexibility index (Phi) is 12.4. The first-order valence-electron chi connectivity index (χ1n) is 17.6. The summed E-state index contributed by atoms with van der Waals surface area (Å²) in [5.74, 6) is -0.915. The van der Waals surface area contributed by atoms with Gasteiger partial charge in [0.1, 0.15) is 11.6 Å². The molecule has 0 bridgehead atoms. The Morgan fingerprint density at radius 1 is 0.878 bits per heavy atom. The molecule has 1 aromatic heterocycles. The third-order valence-corrected chi connectivity index (χ3v) is 11.8. The summed E-state index contributed by atoms with van der Waals surface area (Å²) < 4.78 is 1.02. The molecule has 2 aromatic carbocycles. The summed E-state index contributed by atoms with van der Waals surface area (Å²) in [7, 11) is 4.16. The average molecular weight is 708 g/mol. The lowest BCUT2D eigenvalue weighted by atomic mass is 9.89. The van der Waals surface area contributed by atoms with Gasteiger partial charge in [-0.05, 0) is 82.1 Å². The molecule has 3 aliphatic rings. The fourth-order valence-corrected chi connectivity index (χ4v) is 8.92. The van der Waals surface area contributed by atoms with Crippen LogP contribution in [0.5, 0.6) is 0 Å². The molecule has 9 nitrogen and oxygen atoms in total. The van der Waals surface area contributed by atoms with Crippen molar-refractivity contribution in [2.45, 2.75) is 107 Å². The van der Waals surface area contributed by atoms with E-state index in [1.54, 1.807) is 0 Å². The maximum absolute atomic E-state index is 14.1. The van der Waals surface area contributed by atoms with Crippen molar-refractivity contribution in [3.8, 4) is 0 Å². The van der Waals surface area contributed by atoms with Crippen LogP contribution in [-0.4, -0.2) is 72.3 Å². The minimum atomic E-state index is -1.08. The number of hydrogen-bond acceptors (Lipinski definition) is 6. The van der Waals surface area contributed by atoms with Crippen LogP contribution >= 0.6 is 23.7 Å². The van der Waals surface area contributed by atoms with Crippen molar-refractivity contribution in [2.24, 2.45) is 5.92 Å². The molecule has 4 N–H and O–H groups in total. The molecule has 0 radical (unpaired) electrons. The summed E-state index contributed by atoms with van der Waals surface area (Å²) >= 11 is 1.41. The molecule has 6 rings (SSSR count). The van der Waals surface area contributed by atoms with Gasteiger partial charge in [-0.2, -0.15) is 0 Å². The third-order valence-electron chi connectivity index (χ3n) is 10.7. The predicted octanol–water partition coefficient (Wildman–Crippen LogP) is 5.37. The normalized spacial score (nSPS) is 23.7. The van der Waals surface area contributed by atoms with Gasteiger partial charge in [0, 0.05) is 35.2 Å². The van der Waals surface area contributed by atoms with Gasteiger partial charge in [0.15, 0.2) is 0 Å². The fourth-order valence-electron chi connectivity index (χ4n) is 7.97.